The van der Waals surface area contributed by atoms with E-state index in [2.05, 4.69) is 15.3 Å². The number of hydrogen-bond acceptors (Lipinski definition) is 5. The highest BCUT2D eigenvalue weighted by atomic mass is 32.1. The molecule has 0 aliphatic carbocycles. The SMILES string of the molecule is CCC(CC)(Nc1ncnc2ccsc12)C(=O)O. The van der Waals surface area contributed by atoms with Crippen LogP contribution in [0.1, 0.15) is 26.7 Å². The van der Waals surface area contributed by atoms with Gasteiger partial charge in [0.05, 0.1) is 10.2 Å². The maximum absolute atomic E-state index is 11.5. The summed E-state index contributed by atoms with van der Waals surface area (Å²) in [7, 11) is 0. The van der Waals surface area contributed by atoms with Gasteiger partial charge >= 0.3 is 5.97 Å². The van der Waals surface area contributed by atoms with Crippen LogP contribution in [-0.4, -0.2) is 26.6 Å². The normalized spacial score (nSPS) is 11.7. The monoisotopic (exact) mass is 265 g/mol. The Bertz CT molecular complexity index is 563. The smallest absolute Gasteiger partial charge is 0.329 e. The molecule has 0 spiro atoms. The molecule has 0 unspecified atom stereocenters. The lowest BCUT2D eigenvalue weighted by Gasteiger charge is -2.28. The lowest BCUT2D eigenvalue weighted by molar-refractivity contribution is -0.142. The first kappa shape index (κ1) is 12.8. The van der Waals surface area contributed by atoms with Gasteiger partial charge in [-0.2, -0.15) is 0 Å². The van der Waals surface area contributed by atoms with Gasteiger partial charge in [-0.25, -0.2) is 14.8 Å². The molecule has 18 heavy (non-hydrogen) atoms. The van der Waals surface area contributed by atoms with Crippen molar-refractivity contribution in [3.05, 3.63) is 17.8 Å². The summed E-state index contributed by atoms with van der Waals surface area (Å²) in [5.74, 6) is -0.253. The number of nitrogens with one attached hydrogen (secondary N) is 1. The number of anilines is 1. The van der Waals surface area contributed by atoms with Crippen LogP contribution in [0.15, 0.2) is 17.8 Å². The molecule has 2 heterocycles. The average molecular weight is 265 g/mol. The molecule has 0 aliphatic rings. The molecule has 0 amide bonds. The van der Waals surface area contributed by atoms with E-state index in [4.69, 9.17) is 0 Å². The Morgan fingerprint density at radius 1 is 1.44 bits per heavy atom. The Balaban J connectivity index is 2.43. The number of fused-ring (bicyclic) bond motifs is 1. The fourth-order valence-corrected chi connectivity index (χ4v) is 2.68. The van der Waals surface area contributed by atoms with Crippen molar-refractivity contribution in [3.8, 4) is 0 Å². The highest BCUT2D eigenvalue weighted by molar-refractivity contribution is 7.17. The molecule has 2 N–H and O–H groups in total. The molecule has 0 saturated carbocycles. The summed E-state index contributed by atoms with van der Waals surface area (Å²) < 4.78 is 0.894. The van der Waals surface area contributed by atoms with Crippen molar-refractivity contribution >= 4 is 33.3 Å². The summed E-state index contributed by atoms with van der Waals surface area (Å²) in [5.41, 5.74) is -0.130. The molecule has 5 nitrogen and oxygen atoms in total. The molecule has 0 aliphatic heterocycles. The standard InChI is InChI=1S/C12H15N3O2S/c1-3-12(4-2,11(16)17)15-10-9-8(5-6-18-9)13-7-14-10/h5-7H,3-4H2,1-2H3,(H,16,17)(H,13,14,15). The van der Waals surface area contributed by atoms with Gasteiger partial charge in [-0.15, -0.1) is 11.3 Å². The second-order valence-electron chi connectivity index (χ2n) is 4.08. The lowest BCUT2D eigenvalue weighted by Crippen LogP contribution is -2.45. The van der Waals surface area contributed by atoms with E-state index >= 15 is 0 Å². The van der Waals surface area contributed by atoms with E-state index in [0.29, 0.717) is 18.7 Å². The lowest BCUT2D eigenvalue weighted by atomic mass is 9.93. The van der Waals surface area contributed by atoms with Crippen molar-refractivity contribution in [1.82, 2.24) is 9.97 Å². The number of carboxylic acids is 1. The maximum Gasteiger partial charge on any atom is 0.329 e. The maximum atomic E-state index is 11.5. The molecule has 2 aromatic heterocycles. The Morgan fingerprint density at radius 2 is 2.17 bits per heavy atom. The zero-order valence-electron chi connectivity index (χ0n) is 10.3. The Hall–Kier alpha value is -1.69. The predicted octanol–water partition coefficient (Wildman–Crippen LogP) is 2.75. The van der Waals surface area contributed by atoms with Crippen LogP contribution in [0.4, 0.5) is 5.82 Å². The third kappa shape index (κ3) is 2.03. The number of carbonyl (C=O) groups is 1. The van der Waals surface area contributed by atoms with Crippen LogP contribution in [-0.2, 0) is 4.79 Å². The summed E-state index contributed by atoms with van der Waals surface area (Å²) in [6.45, 7) is 3.72. The van der Waals surface area contributed by atoms with Crippen LogP contribution in [0.25, 0.3) is 10.2 Å². The van der Waals surface area contributed by atoms with Crippen molar-refractivity contribution in [2.24, 2.45) is 0 Å². The molecule has 0 radical (unpaired) electrons. The number of thiophene rings is 1. The molecule has 0 aromatic carbocycles. The van der Waals surface area contributed by atoms with Crippen LogP contribution < -0.4 is 5.32 Å². The van der Waals surface area contributed by atoms with Crippen molar-refractivity contribution in [3.63, 3.8) is 0 Å². The molecule has 0 atom stereocenters. The molecular formula is C12H15N3O2S. The molecular weight excluding hydrogens is 250 g/mol. The van der Waals surface area contributed by atoms with E-state index < -0.39 is 11.5 Å². The first-order valence-corrected chi connectivity index (χ1v) is 6.70. The molecule has 6 heteroatoms. The van der Waals surface area contributed by atoms with Gasteiger partial charge in [-0.1, -0.05) is 13.8 Å². The quantitative estimate of drug-likeness (QED) is 0.869. The molecule has 2 rings (SSSR count). The van der Waals surface area contributed by atoms with Crippen LogP contribution in [0.3, 0.4) is 0 Å². The number of aromatic nitrogens is 2. The first-order chi connectivity index (χ1) is 8.63. The second kappa shape index (κ2) is 4.89. The topological polar surface area (TPSA) is 75.1 Å². The van der Waals surface area contributed by atoms with Gasteiger partial charge in [0.2, 0.25) is 0 Å². The zero-order chi connectivity index (χ0) is 13.2. The van der Waals surface area contributed by atoms with Gasteiger partial charge in [0.15, 0.2) is 0 Å². The summed E-state index contributed by atoms with van der Waals surface area (Å²) in [6, 6.07) is 1.90. The summed E-state index contributed by atoms with van der Waals surface area (Å²) in [6.07, 6.45) is 2.45. The number of hydrogen-bond donors (Lipinski definition) is 2. The number of aliphatic carboxylic acids is 1. The Labute approximate surface area is 109 Å². The Morgan fingerprint density at radius 3 is 2.78 bits per heavy atom. The van der Waals surface area contributed by atoms with E-state index in [0.717, 1.165) is 10.2 Å². The number of rotatable bonds is 5. The van der Waals surface area contributed by atoms with Gasteiger partial charge in [-0.05, 0) is 24.3 Å². The largest absolute Gasteiger partial charge is 0.480 e. The zero-order valence-corrected chi connectivity index (χ0v) is 11.1. The van der Waals surface area contributed by atoms with Crippen molar-refractivity contribution in [2.75, 3.05) is 5.32 Å². The molecule has 0 saturated heterocycles. The van der Waals surface area contributed by atoms with Crippen molar-refractivity contribution in [2.45, 2.75) is 32.2 Å². The fraction of sp³-hybridized carbons (Fsp3) is 0.417. The minimum absolute atomic E-state index is 0.496. The summed E-state index contributed by atoms with van der Waals surface area (Å²) in [4.78, 5) is 19.8. The highest BCUT2D eigenvalue weighted by Gasteiger charge is 2.35. The van der Waals surface area contributed by atoms with Crippen LogP contribution >= 0.6 is 11.3 Å². The minimum Gasteiger partial charge on any atom is -0.480 e. The van der Waals surface area contributed by atoms with E-state index in [1.165, 1.54) is 17.7 Å². The van der Waals surface area contributed by atoms with E-state index in [-0.39, 0.29) is 0 Å². The predicted molar refractivity (Wildman–Crippen MR) is 72.0 cm³/mol. The first-order valence-electron chi connectivity index (χ1n) is 5.82. The van der Waals surface area contributed by atoms with Crippen LogP contribution in [0.5, 0.6) is 0 Å². The third-order valence-electron chi connectivity index (χ3n) is 3.22. The molecule has 0 fully saturated rings. The molecule has 0 bridgehead atoms. The Kier molecular flexibility index (Phi) is 3.47. The van der Waals surface area contributed by atoms with Crippen molar-refractivity contribution < 1.29 is 9.90 Å². The van der Waals surface area contributed by atoms with Gasteiger partial charge in [0.1, 0.15) is 17.7 Å². The molecule has 2 aromatic rings. The van der Waals surface area contributed by atoms with Gasteiger partial charge in [0, 0.05) is 0 Å². The second-order valence-corrected chi connectivity index (χ2v) is 4.99. The fourth-order valence-electron chi connectivity index (χ4n) is 1.89. The van der Waals surface area contributed by atoms with Crippen molar-refractivity contribution in [1.29, 1.82) is 0 Å². The van der Waals surface area contributed by atoms with E-state index in [1.54, 1.807) is 0 Å². The van der Waals surface area contributed by atoms with Crippen LogP contribution in [0.2, 0.25) is 0 Å². The van der Waals surface area contributed by atoms with Gasteiger partial charge < -0.3 is 10.4 Å². The summed E-state index contributed by atoms with van der Waals surface area (Å²) in [5, 5.41) is 14.4. The van der Waals surface area contributed by atoms with Gasteiger partial charge in [-0.3, -0.25) is 0 Å². The number of nitrogens with zero attached hydrogens (tertiary/aromatic N) is 2. The van der Waals surface area contributed by atoms with E-state index in [1.807, 2.05) is 25.3 Å². The van der Waals surface area contributed by atoms with Gasteiger partial charge in [0.25, 0.3) is 0 Å². The molecule has 96 valence electrons. The average Bonchev–Trinajstić information content (AvgIpc) is 2.84. The summed E-state index contributed by atoms with van der Waals surface area (Å²) >= 11 is 1.51. The van der Waals surface area contributed by atoms with E-state index in [9.17, 15) is 9.90 Å². The minimum atomic E-state index is -0.967. The van der Waals surface area contributed by atoms with Crippen LogP contribution in [0, 0.1) is 0 Å². The number of carboxylic acid groups (broad SMARTS) is 1. The highest BCUT2D eigenvalue weighted by Crippen LogP contribution is 2.29. The third-order valence-corrected chi connectivity index (χ3v) is 4.13.